The van der Waals surface area contributed by atoms with Crippen molar-refractivity contribution in [3.05, 3.63) is 59.4 Å². The van der Waals surface area contributed by atoms with E-state index in [1.807, 2.05) is 56.3 Å². The van der Waals surface area contributed by atoms with E-state index >= 15 is 0 Å². The average Bonchev–Trinajstić information content (AvgIpc) is 2.65. The highest BCUT2D eigenvalue weighted by Crippen LogP contribution is 2.66. The number of aryl methyl sites for hydroxylation is 2. The molecule has 6 nitrogen and oxygen atoms in total. The monoisotopic (exact) mass is 391 g/mol. The largest absolute Gasteiger partial charge is 0.491 e. The summed E-state index contributed by atoms with van der Waals surface area (Å²) in [5.74, 6) is 0.757. The lowest BCUT2D eigenvalue weighted by molar-refractivity contribution is 0.00469. The second-order valence-corrected chi connectivity index (χ2v) is 8.87. The first-order chi connectivity index (χ1) is 13.1. The second-order valence-electron chi connectivity index (χ2n) is 6.50. The molecule has 0 bridgehead atoms. The van der Waals surface area contributed by atoms with E-state index in [1.54, 1.807) is 0 Å². The van der Waals surface area contributed by atoms with E-state index in [-0.39, 0.29) is 12.5 Å². The summed E-state index contributed by atoms with van der Waals surface area (Å²) >= 11 is 0. The van der Waals surface area contributed by atoms with Crippen molar-refractivity contribution in [1.29, 1.82) is 0 Å². The molecule has 0 N–H and O–H groups in total. The van der Waals surface area contributed by atoms with E-state index < -0.39 is 7.60 Å². The standard InChI is InChI=1S/C20H26NO5P/c1-16-5-3-6-19(21-16)7-4-12-23-13-14-24-20-10-8-18(9-11-20)17(2)27(22)25-15-26-27/h3,5-6,8-11,17H,4,7,12-15H2,1-2H3. The van der Waals surface area contributed by atoms with Gasteiger partial charge in [0.05, 0.1) is 12.3 Å². The Morgan fingerprint density at radius 1 is 1.11 bits per heavy atom. The van der Waals surface area contributed by atoms with Crippen LogP contribution in [0, 0.1) is 6.92 Å². The van der Waals surface area contributed by atoms with Gasteiger partial charge in [-0.3, -0.25) is 18.6 Å². The van der Waals surface area contributed by atoms with Gasteiger partial charge in [-0.2, -0.15) is 0 Å². The van der Waals surface area contributed by atoms with Crippen molar-refractivity contribution in [2.24, 2.45) is 0 Å². The fourth-order valence-corrected chi connectivity index (χ4v) is 4.12. The zero-order chi connectivity index (χ0) is 19.1. The van der Waals surface area contributed by atoms with E-state index in [2.05, 4.69) is 4.98 Å². The molecule has 27 heavy (non-hydrogen) atoms. The van der Waals surface area contributed by atoms with Crippen molar-refractivity contribution in [3.63, 3.8) is 0 Å². The molecule has 0 radical (unpaired) electrons. The van der Waals surface area contributed by atoms with Crippen molar-refractivity contribution >= 4 is 7.60 Å². The molecule has 1 aromatic heterocycles. The van der Waals surface area contributed by atoms with E-state index in [4.69, 9.17) is 18.5 Å². The third-order valence-electron chi connectivity index (χ3n) is 4.47. The lowest BCUT2D eigenvalue weighted by atomic mass is 10.1. The molecule has 1 unspecified atom stereocenters. The number of hydrogen-bond donors (Lipinski definition) is 0. The van der Waals surface area contributed by atoms with E-state index in [0.717, 1.165) is 35.5 Å². The third kappa shape index (κ3) is 5.63. The Hall–Kier alpha value is -1.72. The molecule has 1 aliphatic heterocycles. The predicted octanol–water partition coefficient (Wildman–Crippen LogP) is 4.68. The summed E-state index contributed by atoms with van der Waals surface area (Å²) < 4.78 is 33.6. The van der Waals surface area contributed by atoms with Gasteiger partial charge >= 0.3 is 7.60 Å². The summed E-state index contributed by atoms with van der Waals surface area (Å²) in [6.07, 6.45) is 1.85. The Labute approximate surface area is 160 Å². The van der Waals surface area contributed by atoms with Crippen molar-refractivity contribution in [1.82, 2.24) is 4.98 Å². The van der Waals surface area contributed by atoms with Gasteiger partial charge in [-0.1, -0.05) is 18.2 Å². The van der Waals surface area contributed by atoms with E-state index in [0.29, 0.717) is 19.8 Å². The Bertz CT molecular complexity index is 772. The fraction of sp³-hybridized carbons (Fsp3) is 0.450. The topological polar surface area (TPSA) is 66.9 Å². The zero-order valence-electron chi connectivity index (χ0n) is 15.8. The lowest BCUT2D eigenvalue weighted by Crippen LogP contribution is -2.14. The smallest absolute Gasteiger partial charge is 0.342 e. The number of pyridine rings is 1. The molecule has 1 fully saturated rings. The van der Waals surface area contributed by atoms with Crippen LogP contribution in [-0.4, -0.2) is 31.6 Å². The Morgan fingerprint density at radius 3 is 2.56 bits per heavy atom. The molecule has 0 aliphatic carbocycles. The predicted molar refractivity (Wildman–Crippen MR) is 103 cm³/mol. The van der Waals surface area contributed by atoms with E-state index in [1.165, 1.54) is 0 Å². The van der Waals surface area contributed by atoms with Gasteiger partial charge in [0.1, 0.15) is 12.4 Å². The number of nitrogens with zero attached hydrogens (tertiary/aromatic N) is 1. The summed E-state index contributed by atoms with van der Waals surface area (Å²) in [4.78, 5) is 4.48. The number of ether oxygens (including phenoxy) is 2. The fourth-order valence-electron chi connectivity index (χ4n) is 2.82. The second kappa shape index (κ2) is 9.47. The lowest BCUT2D eigenvalue weighted by Gasteiger charge is -2.31. The van der Waals surface area contributed by atoms with Gasteiger partial charge in [0.25, 0.3) is 0 Å². The van der Waals surface area contributed by atoms with Crippen LogP contribution in [0.1, 0.15) is 36.0 Å². The van der Waals surface area contributed by atoms with E-state index in [9.17, 15) is 4.57 Å². The van der Waals surface area contributed by atoms with Crippen LogP contribution in [0.5, 0.6) is 5.75 Å². The van der Waals surface area contributed by atoms with Crippen molar-refractivity contribution < 1.29 is 23.1 Å². The van der Waals surface area contributed by atoms with Crippen LogP contribution < -0.4 is 4.74 Å². The van der Waals surface area contributed by atoms with Crippen LogP contribution in [0.4, 0.5) is 0 Å². The normalized spacial score (nSPS) is 16.5. The molecule has 1 atom stereocenters. The van der Waals surface area contributed by atoms with Crippen LogP contribution in [0.25, 0.3) is 0 Å². The third-order valence-corrected chi connectivity index (χ3v) is 6.64. The van der Waals surface area contributed by atoms with Gasteiger partial charge in [-0.15, -0.1) is 0 Å². The zero-order valence-corrected chi connectivity index (χ0v) is 16.7. The number of benzene rings is 1. The van der Waals surface area contributed by atoms with Crippen molar-refractivity contribution in [2.75, 3.05) is 26.6 Å². The van der Waals surface area contributed by atoms with Crippen LogP contribution in [0.3, 0.4) is 0 Å². The van der Waals surface area contributed by atoms with Gasteiger partial charge in [0.2, 0.25) is 0 Å². The first kappa shape index (κ1) is 20.0. The van der Waals surface area contributed by atoms with Crippen LogP contribution in [-0.2, 0) is 24.8 Å². The van der Waals surface area contributed by atoms with Gasteiger partial charge in [0.15, 0.2) is 6.79 Å². The van der Waals surface area contributed by atoms with Crippen LogP contribution in [0.15, 0.2) is 42.5 Å². The van der Waals surface area contributed by atoms with Crippen LogP contribution >= 0.6 is 7.60 Å². The molecular formula is C20H26NO5P. The molecule has 2 heterocycles. The Balaban J connectivity index is 1.31. The first-order valence-electron chi connectivity index (χ1n) is 9.19. The van der Waals surface area contributed by atoms with Crippen LogP contribution in [0.2, 0.25) is 0 Å². The average molecular weight is 391 g/mol. The molecule has 2 aromatic rings. The Morgan fingerprint density at radius 2 is 1.89 bits per heavy atom. The first-order valence-corrected chi connectivity index (χ1v) is 10.8. The molecule has 1 aliphatic rings. The minimum Gasteiger partial charge on any atom is -0.491 e. The summed E-state index contributed by atoms with van der Waals surface area (Å²) in [6.45, 7) is 5.67. The maximum Gasteiger partial charge on any atom is 0.342 e. The highest BCUT2D eigenvalue weighted by atomic mass is 31.2. The SMILES string of the molecule is Cc1cccc(CCCOCCOc2ccc(C(C)P3(=O)OCO3)cc2)n1. The number of aromatic nitrogens is 1. The van der Waals surface area contributed by atoms with Crippen molar-refractivity contribution in [3.8, 4) is 5.75 Å². The van der Waals surface area contributed by atoms with Crippen molar-refractivity contribution in [2.45, 2.75) is 32.3 Å². The summed E-state index contributed by atoms with van der Waals surface area (Å²) in [6, 6.07) is 13.6. The van der Waals surface area contributed by atoms with Gasteiger partial charge in [-0.25, -0.2) is 0 Å². The maximum atomic E-state index is 12.2. The molecule has 0 amide bonds. The highest BCUT2D eigenvalue weighted by Gasteiger charge is 2.40. The molecule has 0 saturated carbocycles. The van der Waals surface area contributed by atoms with Gasteiger partial charge in [-0.05, 0) is 56.5 Å². The minimum absolute atomic E-state index is 0.115. The molecule has 7 heteroatoms. The van der Waals surface area contributed by atoms with Gasteiger partial charge in [0, 0.05) is 18.0 Å². The minimum atomic E-state index is -2.95. The summed E-state index contributed by atoms with van der Waals surface area (Å²) in [7, 11) is -2.95. The molecule has 146 valence electrons. The van der Waals surface area contributed by atoms with Gasteiger partial charge < -0.3 is 9.47 Å². The molecule has 1 saturated heterocycles. The Kier molecular flexibility index (Phi) is 7.02. The summed E-state index contributed by atoms with van der Waals surface area (Å²) in [5, 5.41) is 0. The number of hydrogen-bond acceptors (Lipinski definition) is 6. The quantitative estimate of drug-likeness (QED) is 0.433. The molecule has 1 aromatic carbocycles. The number of rotatable bonds is 10. The highest BCUT2D eigenvalue weighted by molar-refractivity contribution is 7.55. The summed E-state index contributed by atoms with van der Waals surface area (Å²) in [5.41, 5.74) is 2.78. The maximum absolute atomic E-state index is 12.2. The molecule has 0 spiro atoms. The molecule has 3 rings (SSSR count). The molecular weight excluding hydrogens is 365 g/mol.